The Morgan fingerprint density at radius 2 is 2.00 bits per heavy atom. The van der Waals surface area contributed by atoms with Gasteiger partial charge in [0, 0.05) is 25.6 Å². The molecule has 98 valence electrons. The second-order valence-electron chi connectivity index (χ2n) is 4.24. The Kier molecular flexibility index (Phi) is 4.83. The number of aryl methyl sites for hydroxylation is 1. The second-order valence-corrected chi connectivity index (χ2v) is 4.24. The fourth-order valence-corrected chi connectivity index (χ4v) is 1.65. The van der Waals surface area contributed by atoms with E-state index in [1.54, 1.807) is 20.0 Å². The maximum atomic E-state index is 13.2. The molecule has 0 aromatic heterocycles. The van der Waals surface area contributed by atoms with Gasteiger partial charge in [-0.2, -0.15) is 0 Å². The lowest BCUT2D eigenvalue weighted by Gasteiger charge is -2.17. The molecule has 0 bridgehead atoms. The standard InChI is InChI=1S/C13H16FNO3/c1-9-6-10(8-11(14)7-9)13(18)15(2)5-3-4-12(16)17/h6-8H,3-5H2,1-2H3,(H,16,17). The van der Waals surface area contributed by atoms with E-state index >= 15 is 0 Å². The third kappa shape index (κ3) is 4.16. The van der Waals surface area contributed by atoms with Crippen molar-refractivity contribution in [2.75, 3.05) is 13.6 Å². The van der Waals surface area contributed by atoms with Crippen LogP contribution in [0.4, 0.5) is 4.39 Å². The monoisotopic (exact) mass is 253 g/mol. The summed E-state index contributed by atoms with van der Waals surface area (Å²) in [7, 11) is 1.57. The zero-order valence-electron chi connectivity index (χ0n) is 10.4. The van der Waals surface area contributed by atoms with E-state index in [1.165, 1.54) is 17.0 Å². The number of hydrogen-bond donors (Lipinski definition) is 1. The molecule has 0 aliphatic heterocycles. The molecule has 0 spiro atoms. The average molecular weight is 253 g/mol. The molecule has 1 aromatic carbocycles. The number of aliphatic carboxylic acids is 1. The van der Waals surface area contributed by atoms with Gasteiger partial charge >= 0.3 is 5.97 Å². The van der Waals surface area contributed by atoms with Crippen LogP contribution in [0.5, 0.6) is 0 Å². The molecule has 0 aliphatic rings. The van der Waals surface area contributed by atoms with Gasteiger partial charge in [0.25, 0.3) is 5.91 Å². The summed E-state index contributed by atoms with van der Waals surface area (Å²) in [5, 5.41) is 8.50. The van der Waals surface area contributed by atoms with Gasteiger partial charge in [-0.05, 0) is 37.1 Å². The molecule has 0 heterocycles. The van der Waals surface area contributed by atoms with Gasteiger partial charge in [-0.1, -0.05) is 0 Å². The molecule has 4 nitrogen and oxygen atoms in total. The smallest absolute Gasteiger partial charge is 0.303 e. The number of carboxylic acid groups (broad SMARTS) is 1. The van der Waals surface area contributed by atoms with Gasteiger partial charge in [0.05, 0.1) is 0 Å². The fourth-order valence-electron chi connectivity index (χ4n) is 1.65. The highest BCUT2D eigenvalue weighted by Crippen LogP contribution is 2.10. The summed E-state index contributed by atoms with van der Waals surface area (Å²) in [5.41, 5.74) is 0.961. The highest BCUT2D eigenvalue weighted by molar-refractivity contribution is 5.94. The molecule has 18 heavy (non-hydrogen) atoms. The molecule has 5 heteroatoms. The molecular formula is C13H16FNO3. The van der Waals surface area contributed by atoms with Crippen molar-refractivity contribution in [2.24, 2.45) is 0 Å². The second kappa shape index (κ2) is 6.14. The van der Waals surface area contributed by atoms with E-state index in [9.17, 15) is 14.0 Å². The maximum absolute atomic E-state index is 13.2. The van der Waals surface area contributed by atoms with Crippen molar-refractivity contribution < 1.29 is 19.1 Å². The minimum Gasteiger partial charge on any atom is -0.481 e. The molecule has 0 saturated heterocycles. The van der Waals surface area contributed by atoms with E-state index in [-0.39, 0.29) is 17.9 Å². The molecule has 1 amide bonds. The van der Waals surface area contributed by atoms with E-state index in [0.717, 1.165) is 0 Å². The highest BCUT2D eigenvalue weighted by atomic mass is 19.1. The third-order valence-electron chi connectivity index (χ3n) is 2.52. The van der Waals surface area contributed by atoms with Gasteiger partial charge in [-0.3, -0.25) is 9.59 Å². The number of halogens is 1. The molecular weight excluding hydrogens is 237 g/mol. The van der Waals surface area contributed by atoms with Crippen LogP contribution in [0.25, 0.3) is 0 Å². The topological polar surface area (TPSA) is 57.6 Å². The van der Waals surface area contributed by atoms with Crippen molar-refractivity contribution in [1.29, 1.82) is 0 Å². The lowest BCUT2D eigenvalue weighted by molar-refractivity contribution is -0.137. The van der Waals surface area contributed by atoms with E-state index in [0.29, 0.717) is 18.5 Å². The van der Waals surface area contributed by atoms with Crippen LogP contribution in [-0.4, -0.2) is 35.5 Å². The van der Waals surface area contributed by atoms with E-state index in [1.807, 2.05) is 0 Å². The molecule has 1 N–H and O–H groups in total. The first-order valence-corrected chi connectivity index (χ1v) is 5.64. The number of carbonyl (C=O) groups excluding carboxylic acids is 1. The summed E-state index contributed by atoms with van der Waals surface area (Å²) in [6.07, 6.45) is 0.395. The van der Waals surface area contributed by atoms with Crippen LogP contribution >= 0.6 is 0 Å². The van der Waals surface area contributed by atoms with Crippen LogP contribution in [-0.2, 0) is 4.79 Å². The van der Waals surface area contributed by atoms with E-state index in [4.69, 9.17) is 5.11 Å². The number of carbonyl (C=O) groups is 2. The molecule has 1 aromatic rings. The first kappa shape index (κ1) is 14.2. The number of benzene rings is 1. The summed E-state index contributed by atoms with van der Waals surface area (Å²) >= 11 is 0. The third-order valence-corrected chi connectivity index (χ3v) is 2.52. The molecule has 1 rings (SSSR count). The van der Waals surface area contributed by atoms with Crippen LogP contribution < -0.4 is 0 Å². The van der Waals surface area contributed by atoms with Crippen LogP contribution in [0.2, 0.25) is 0 Å². The van der Waals surface area contributed by atoms with E-state index < -0.39 is 11.8 Å². The highest BCUT2D eigenvalue weighted by Gasteiger charge is 2.13. The zero-order valence-corrected chi connectivity index (χ0v) is 10.4. The normalized spacial score (nSPS) is 10.2. The number of amides is 1. The molecule has 0 fully saturated rings. The first-order valence-electron chi connectivity index (χ1n) is 5.64. The predicted molar refractivity (Wildman–Crippen MR) is 65.0 cm³/mol. The number of carboxylic acids is 1. The molecule has 0 radical (unpaired) electrons. The number of nitrogens with zero attached hydrogens (tertiary/aromatic N) is 1. The predicted octanol–water partition coefficient (Wildman–Crippen LogP) is 2.07. The largest absolute Gasteiger partial charge is 0.481 e. The van der Waals surface area contributed by atoms with Crippen LogP contribution in [0.3, 0.4) is 0 Å². The van der Waals surface area contributed by atoms with Gasteiger partial charge in [-0.25, -0.2) is 4.39 Å². The summed E-state index contributed by atoms with van der Waals surface area (Å²) in [6.45, 7) is 2.05. The van der Waals surface area contributed by atoms with Crippen molar-refractivity contribution in [3.05, 3.63) is 35.1 Å². The quantitative estimate of drug-likeness (QED) is 0.874. The Balaban J connectivity index is 2.65. The van der Waals surface area contributed by atoms with Gasteiger partial charge in [0.15, 0.2) is 0 Å². The van der Waals surface area contributed by atoms with Crippen molar-refractivity contribution >= 4 is 11.9 Å². The number of rotatable bonds is 5. The zero-order chi connectivity index (χ0) is 13.7. The van der Waals surface area contributed by atoms with E-state index in [2.05, 4.69) is 0 Å². The lowest BCUT2D eigenvalue weighted by atomic mass is 10.1. The molecule has 0 atom stereocenters. The van der Waals surface area contributed by atoms with Crippen molar-refractivity contribution in [3.8, 4) is 0 Å². The first-order chi connectivity index (χ1) is 8.40. The Morgan fingerprint density at radius 3 is 2.56 bits per heavy atom. The Morgan fingerprint density at radius 1 is 1.33 bits per heavy atom. The SMILES string of the molecule is Cc1cc(F)cc(C(=O)N(C)CCCC(=O)O)c1. The Bertz CT molecular complexity index is 439. The van der Waals surface area contributed by atoms with Crippen molar-refractivity contribution in [3.63, 3.8) is 0 Å². The lowest BCUT2D eigenvalue weighted by Crippen LogP contribution is -2.28. The van der Waals surface area contributed by atoms with Gasteiger partial charge in [0.2, 0.25) is 0 Å². The van der Waals surface area contributed by atoms with Gasteiger partial charge in [0.1, 0.15) is 5.82 Å². The fraction of sp³-hybridized carbons (Fsp3) is 0.385. The van der Waals surface area contributed by atoms with Gasteiger partial charge < -0.3 is 10.0 Å². The van der Waals surface area contributed by atoms with Crippen LogP contribution in [0.15, 0.2) is 18.2 Å². The van der Waals surface area contributed by atoms with Gasteiger partial charge in [-0.15, -0.1) is 0 Å². The van der Waals surface area contributed by atoms with Crippen molar-refractivity contribution in [2.45, 2.75) is 19.8 Å². The summed E-state index contributed by atoms with van der Waals surface area (Å²) < 4.78 is 13.2. The summed E-state index contributed by atoms with van der Waals surface area (Å²) in [4.78, 5) is 23.7. The molecule has 0 unspecified atom stereocenters. The Hall–Kier alpha value is -1.91. The van der Waals surface area contributed by atoms with Crippen LogP contribution in [0.1, 0.15) is 28.8 Å². The minimum absolute atomic E-state index is 0.0137. The summed E-state index contributed by atoms with van der Waals surface area (Å²) in [5.74, 6) is -1.64. The molecule has 0 aliphatic carbocycles. The summed E-state index contributed by atoms with van der Waals surface area (Å²) in [6, 6.07) is 4.14. The molecule has 0 saturated carbocycles. The maximum Gasteiger partial charge on any atom is 0.303 e. The Labute approximate surface area is 105 Å². The number of hydrogen-bond acceptors (Lipinski definition) is 2. The minimum atomic E-state index is -0.891. The van der Waals surface area contributed by atoms with Crippen molar-refractivity contribution in [1.82, 2.24) is 4.90 Å². The van der Waals surface area contributed by atoms with Crippen LogP contribution in [0, 0.1) is 12.7 Å². The average Bonchev–Trinajstić information content (AvgIpc) is 2.26.